The molecule has 5 heteroatoms. The highest BCUT2D eigenvalue weighted by molar-refractivity contribution is 5.70. The molecule has 0 bridgehead atoms. The summed E-state index contributed by atoms with van der Waals surface area (Å²) >= 11 is 0. The molecule has 0 amide bonds. The Morgan fingerprint density at radius 1 is 0.275 bits per heavy atom. The van der Waals surface area contributed by atoms with E-state index >= 15 is 0 Å². The van der Waals surface area contributed by atoms with Crippen LogP contribution in [-0.4, -0.2) is 36.4 Å². The summed E-state index contributed by atoms with van der Waals surface area (Å²) in [6.45, 7) is 4.21. The number of ether oxygens (including phenoxy) is 2. The second-order valence-electron chi connectivity index (χ2n) is 25.4. The van der Waals surface area contributed by atoms with Crippen LogP contribution in [0.3, 0.4) is 0 Å². The van der Waals surface area contributed by atoms with E-state index in [0.717, 1.165) is 32.1 Å². The minimum atomic E-state index is -0.769. The zero-order chi connectivity index (χ0) is 57.6. The average Bonchev–Trinajstić information content (AvgIpc) is 3.46. The molecule has 474 valence electrons. The predicted molar refractivity (Wildman–Crippen MR) is 353 cm³/mol. The molecule has 1 N–H and O–H groups in total. The lowest BCUT2D eigenvalue weighted by Crippen LogP contribution is -2.28. The van der Waals surface area contributed by atoms with Crippen molar-refractivity contribution >= 4 is 11.9 Å². The standard InChI is InChI=1S/C75H144O5/c1-3-5-7-9-11-13-15-17-19-21-23-25-27-29-31-33-34-35-36-37-38-39-40-42-44-46-48-50-52-54-56-58-60-62-64-66-68-70-75(78)80-73(71-76)72-79-74(77)69-67-65-63-61-59-57-55-53-51-49-47-45-43-41-32-30-28-26-24-22-20-18-16-14-12-10-8-6-4-2/h21-24,73,76H,3-20,25-72H2,1-2H3/b23-21-,24-22-. The molecular weight excluding hydrogens is 981 g/mol. The Hall–Kier alpha value is -1.62. The summed E-state index contributed by atoms with van der Waals surface area (Å²) in [6, 6.07) is 0. The number of esters is 2. The van der Waals surface area contributed by atoms with Gasteiger partial charge in [0.15, 0.2) is 6.10 Å². The fraction of sp³-hybridized carbons (Fsp3) is 0.920. The van der Waals surface area contributed by atoms with Gasteiger partial charge >= 0.3 is 11.9 Å². The molecule has 0 aromatic rings. The van der Waals surface area contributed by atoms with E-state index in [4.69, 9.17) is 9.47 Å². The van der Waals surface area contributed by atoms with E-state index in [9.17, 15) is 14.7 Å². The number of unbranched alkanes of at least 4 members (excludes halogenated alkanes) is 58. The van der Waals surface area contributed by atoms with Crippen molar-refractivity contribution in [1.82, 2.24) is 0 Å². The monoisotopic (exact) mass is 1130 g/mol. The third-order valence-corrected chi connectivity index (χ3v) is 17.2. The molecule has 0 fully saturated rings. The van der Waals surface area contributed by atoms with E-state index in [1.807, 2.05) is 0 Å². The number of hydrogen-bond donors (Lipinski definition) is 1. The topological polar surface area (TPSA) is 72.8 Å². The highest BCUT2D eigenvalue weighted by Gasteiger charge is 2.16. The highest BCUT2D eigenvalue weighted by Crippen LogP contribution is 2.19. The van der Waals surface area contributed by atoms with Crippen LogP contribution in [0.5, 0.6) is 0 Å². The van der Waals surface area contributed by atoms with Gasteiger partial charge in [-0.3, -0.25) is 9.59 Å². The minimum absolute atomic E-state index is 0.0580. The molecule has 0 heterocycles. The Morgan fingerprint density at radius 3 is 0.675 bits per heavy atom. The van der Waals surface area contributed by atoms with E-state index in [0.29, 0.717) is 12.8 Å². The van der Waals surface area contributed by atoms with Gasteiger partial charge in [0.25, 0.3) is 0 Å². The normalized spacial score (nSPS) is 12.2. The van der Waals surface area contributed by atoms with Crippen LogP contribution < -0.4 is 0 Å². The van der Waals surface area contributed by atoms with E-state index in [1.54, 1.807) is 0 Å². The van der Waals surface area contributed by atoms with Gasteiger partial charge in [-0.2, -0.15) is 0 Å². The maximum Gasteiger partial charge on any atom is 0.306 e. The molecule has 0 radical (unpaired) electrons. The second-order valence-corrected chi connectivity index (χ2v) is 25.4. The summed E-state index contributed by atoms with van der Waals surface area (Å²) < 4.78 is 10.8. The lowest BCUT2D eigenvalue weighted by Gasteiger charge is -2.15. The zero-order valence-corrected chi connectivity index (χ0v) is 54.6. The number of rotatable bonds is 70. The molecular formula is C75H144O5. The predicted octanol–water partition coefficient (Wildman–Crippen LogP) is 25.6. The van der Waals surface area contributed by atoms with Gasteiger partial charge in [-0.05, 0) is 64.2 Å². The number of hydrogen-bond acceptors (Lipinski definition) is 5. The summed E-state index contributed by atoms with van der Waals surface area (Å²) in [5.74, 6) is -0.562. The van der Waals surface area contributed by atoms with Crippen LogP contribution in [0.4, 0.5) is 0 Å². The van der Waals surface area contributed by atoms with Gasteiger partial charge in [-0.1, -0.05) is 372 Å². The summed E-state index contributed by atoms with van der Waals surface area (Å²) in [4.78, 5) is 24.7. The number of allylic oxidation sites excluding steroid dienone is 4. The SMILES string of the molecule is CCCCCCCCCC/C=C\CCCCCCCCCCCCCCCCCCCCCCCCCCCC(=O)OC(CO)COC(=O)CCCCCCCCCCCCCCCCCCC/C=C\CCCCCCCCCC. The minimum Gasteiger partial charge on any atom is -0.462 e. The Kier molecular flexibility index (Phi) is 70.2. The Labute approximate surface area is 502 Å². The first-order valence-corrected chi connectivity index (χ1v) is 36.9. The summed E-state index contributed by atoms with van der Waals surface area (Å²) in [5.41, 5.74) is 0. The lowest BCUT2D eigenvalue weighted by molar-refractivity contribution is -0.161. The van der Waals surface area contributed by atoms with Crippen LogP contribution in [0.25, 0.3) is 0 Å². The molecule has 0 aliphatic heterocycles. The van der Waals surface area contributed by atoms with Crippen molar-refractivity contribution in [2.24, 2.45) is 0 Å². The largest absolute Gasteiger partial charge is 0.462 e. The van der Waals surface area contributed by atoms with E-state index in [1.165, 1.54) is 366 Å². The molecule has 0 aromatic heterocycles. The van der Waals surface area contributed by atoms with Crippen molar-refractivity contribution in [3.05, 3.63) is 24.3 Å². The average molecular weight is 1130 g/mol. The Balaban J connectivity index is 3.36. The Bertz CT molecular complexity index is 1230. The molecule has 0 saturated carbocycles. The fourth-order valence-corrected chi connectivity index (χ4v) is 11.7. The van der Waals surface area contributed by atoms with Gasteiger partial charge in [0, 0.05) is 12.8 Å². The summed E-state index contributed by atoms with van der Waals surface area (Å²) in [5, 5.41) is 9.71. The van der Waals surface area contributed by atoms with Gasteiger partial charge in [-0.15, -0.1) is 0 Å². The van der Waals surface area contributed by atoms with Gasteiger partial charge in [0.05, 0.1) is 6.61 Å². The molecule has 1 atom stereocenters. The fourth-order valence-electron chi connectivity index (χ4n) is 11.7. The molecule has 80 heavy (non-hydrogen) atoms. The Morgan fingerprint density at radius 2 is 0.463 bits per heavy atom. The molecule has 1 unspecified atom stereocenters. The molecule has 0 saturated heterocycles. The van der Waals surface area contributed by atoms with Crippen molar-refractivity contribution in [2.75, 3.05) is 13.2 Å². The zero-order valence-electron chi connectivity index (χ0n) is 54.6. The van der Waals surface area contributed by atoms with Gasteiger partial charge in [0.1, 0.15) is 6.61 Å². The van der Waals surface area contributed by atoms with E-state index < -0.39 is 6.10 Å². The quantitative estimate of drug-likeness (QED) is 0.0373. The number of aliphatic hydroxyl groups excluding tert-OH is 1. The van der Waals surface area contributed by atoms with Crippen molar-refractivity contribution in [1.29, 1.82) is 0 Å². The smallest absolute Gasteiger partial charge is 0.306 e. The third kappa shape index (κ3) is 68.9. The van der Waals surface area contributed by atoms with Crippen molar-refractivity contribution in [2.45, 2.75) is 431 Å². The maximum atomic E-state index is 12.4. The second kappa shape index (κ2) is 71.6. The van der Waals surface area contributed by atoms with Crippen LogP contribution in [0, 0.1) is 0 Å². The van der Waals surface area contributed by atoms with E-state index in [2.05, 4.69) is 38.2 Å². The van der Waals surface area contributed by atoms with Crippen molar-refractivity contribution < 1.29 is 24.2 Å². The van der Waals surface area contributed by atoms with Crippen LogP contribution in [0.2, 0.25) is 0 Å². The van der Waals surface area contributed by atoms with Gasteiger partial charge < -0.3 is 14.6 Å². The van der Waals surface area contributed by atoms with Crippen LogP contribution in [-0.2, 0) is 19.1 Å². The van der Waals surface area contributed by atoms with Crippen LogP contribution in [0.15, 0.2) is 24.3 Å². The van der Waals surface area contributed by atoms with Gasteiger partial charge in [0.2, 0.25) is 0 Å². The number of aliphatic hydroxyl groups is 1. The summed E-state index contributed by atoms with van der Waals surface area (Å²) in [7, 11) is 0. The number of carbonyl (C=O) groups is 2. The van der Waals surface area contributed by atoms with Crippen LogP contribution >= 0.6 is 0 Å². The molecule has 0 aromatic carbocycles. The van der Waals surface area contributed by atoms with Gasteiger partial charge in [-0.25, -0.2) is 0 Å². The van der Waals surface area contributed by atoms with E-state index in [-0.39, 0.29) is 25.2 Å². The van der Waals surface area contributed by atoms with Crippen LogP contribution in [0.1, 0.15) is 425 Å². The first-order valence-electron chi connectivity index (χ1n) is 36.9. The molecule has 0 spiro atoms. The maximum absolute atomic E-state index is 12.4. The molecule has 0 aliphatic rings. The van der Waals surface area contributed by atoms with Crippen molar-refractivity contribution in [3.8, 4) is 0 Å². The lowest BCUT2D eigenvalue weighted by atomic mass is 10.0. The first kappa shape index (κ1) is 78.4. The molecule has 0 aliphatic carbocycles. The summed E-state index contributed by atoms with van der Waals surface area (Å²) in [6.07, 6.45) is 93.9. The molecule has 5 nitrogen and oxygen atoms in total. The molecule has 0 rings (SSSR count). The third-order valence-electron chi connectivity index (χ3n) is 17.2. The number of carbonyl (C=O) groups excluding carboxylic acids is 2. The first-order chi connectivity index (χ1) is 39.6. The van der Waals surface area contributed by atoms with Crippen molar-refractivity contribution in [3.63, 3.8) is 0 Å². The highest BCUT2D eigenvalue weighted by atomic mass is 16.6.